The van der Waals surface area contributed by atoms with Crippen molar-refractivity contribution in [3.8, 4) is 28.6 Å². The molecule has 0 N–H and O–H groups in total. The molecule has 0 bridgehead atoms. The molecule has 7 nitrogen and oxygen atoms in total. The number of ether oxygens (including phenoxy) is 1. The maximum absolute atomic E-state index is 13.2. The van der Waals surface area contributed by atoms with Gasteiger partial charge in [-0.1, -0.05) is 11.2 Å². The topological polar surface area (TPSA) is 71.7 Å². The van der Waals surface area contributed by atoms with Crippen LogP contribution < -0.4 is 9.64 Å². The van der Waals surface area contributed by atoms with Gasteiger partial charge in [0.2, 0.25) is 5.82 Å². The minimum Gasteiger partial charge on any atom is -0.497 e. The summed E-state index contributed by atoms with van der Waals surface area (Å²) in [6.07, 6.45) is 0. The van der Waals surface area contributed by atoms with Crippen molar-refractivity contribution in [2.75, 3.05) is 38.2 Å². The van der Waals surface area contributed by atoms with Crippen LogP contribution in [-0.4, -0.2) is 54.2 Å². The van der Waals surface area contributed by atoms with E-state index in [1.54, 1.807) is 37.4 Å². The molecule has 0 radical (unpaired) electrons. The molecule has 34 heavy (non-hydrogen) atoms. The van der Waals surface area contributed by atoms with Crippen LogP contribution in [0.5, 0.6) is 5.75 Å². The van der Waals surface area contributed by atoms with Crippen LogP contribution in [-0.2, 0) is 0 Å². The summed E-state index contributed by atoms with van der Waals surface area (Å²) in [6.45, 7) is 2.76. The molecule has 0 spiro atoms. The largest absolute Gasteiger partial charge is 0.497 e. The molecule has 1 aliphatic heterocycles. The molecule has 5 rings (SSSR count). The quantitative estimate of drug-likeness (QED) is 0.438. The van der Waals surface area contributed by atoms with E-state index < -0.39 is 0 Å². The molecule has 3 aromatic carbocycles. The Bertz CT molecular complexity index is 1280. The zero-order valence-corrected chi connectivity index (χ0v) is 18.6. The highest BCUT2D eigenvalue weighted by Crippen LogP contribution is 2.25. The number of piperazine rings is 1. The van der Waals surface area contributed by atoms with E-state index in [0.717, 1.165) is 24.5 Å². The first-order valence-corrected chi connectivity index (χ1v) is 11.0. The summed E-state index contributed by atoms with van der Waals surface area (Å²) < 4.78 is 23.8. The maximum atomic E-state index is 13.2. The Balaban J connectivity index is 1.26. The Morgan fingerprint density at radius 1 is 0.941 bits per heavy atom. The SMILES string of the molecule is COc1ccc(N2CCN(C(=O)c3cccc(-c4nc(-c5ccc(F)cc5)no4)c3)CC2)cc1. The highest BCUT2D eigenvalue weighted by Gasteiger charge is 2.23. The Hall–Kier alpha value is -4.20. The van der Waals surface area contributed by atoms with Gasteiger partial charge in [0.25, 0.3) is 11.8 Å². The summed E-state index contributed by atoms with van der Waals surface area (Å²) in [6, 6.07) is 21.0. The highest BCUT2D eigenvalue weighted by molar-refractivity contribution is 5.95. The van der Waals surface area contributed by atoms with Gasteiger partial charge in [-0.2, -0.15) is 4.98 Å². The third kappa shape index (κ3) is 4.47. The summed E-state index contributed by atoms with van der Waals surface area (Å²) in [4.78, 5) is 21.7. The highest BCUT2D eigenvalue weighted by atomic mass is 19.1. The van der Waals surface area contributed by atoms with Crippen molar-refractivity contribution >= 4 is 11.6 Å². The first-order chi connectivity index (χ1) is 16.6. The van der Waals surface area contributed by atoms with E-state index in [1.807, 2.05) is 35.2 Å². The van der Waals surface area contributed by atoms with Gasteiger partial charge in [-0.05, 0) is 66.7 Å². The second-order valence-corrected chi connectivity index (χ2v) is 7.99. The lowest BCUT2D eigenvalue weighted by atomic mass is 10.1. The van der Waals surface area contributed by atoms with Crippen molar-refractivity contribution in [2.45, 2.75) is 0 Å². The molecule has 0 atom stereocenters. The molecule has 0 saturated carbocycles. The van der Waals surface area contributed by atoms with Crippen LogP contribution >= 0.6 is 0 Å². The van der Waals surface area contributed by atoms with Gasteiger partial charge in [0.05, 0.1) is 7.11 Å². The van der Waals surface area contributed by atoms with Gasteiger partial charge < -0.3 is 19.1 Å². The Morgan fingerprint density at radius 2 is 1.68 bits per heavy atom. The first kappa shape index (κ1) is 21.6. The number of rotatable bonds is 5. The van der Waals surface area contributed by atoms with E-state index >= 15 is 0 Å². The fourth-order valence-corrected chi connectivity index (χ4v) is 3.99. The molecule has 172 valence electrons. The maximum Gasteiger partial charge on any atom is 0.258 e. The second kappa shape index (κ2) is 9.35. The van der Waals surface area contributed by atoms with Crippen molar-refractivity contribution in [1.82, 2.24) is 15.0 Å². The van der Waals surface area contributed by atoms with Gasteiger partial charge >= 0.3 is 0 Å². The number of carbonyl (C=O) groups excluding carboxylic acids is 1. The van der Waals surface area contributed by atoms with Crippen molar-refractivity contribution in [2.24, 2.45) is 0 Å². The number of hydrogen-bond acceptors (Lipinski definition) is 6. The van der Waals surface area contributed by atoms with Gasteiger partial charge in [0, 0.05) is 48.6 Å². The van der Waals surface area contributed by atoms with Crippen molar-refractivity contribution in [1.29, 1.82) is 0 Å². The van der Waals surface area contributed by atoms with Gasteiger partial charge in [0.1, 0.15) is 11.6 Å². The summed E-state index contributed by atoms with van der Waals surface area (Å²) in [5, 5.41) is 3.99. The Kier molecular flexibility index (Phi) is 5.95. The summed E-state index contributed by atoms with van der Waals surface area (Å²) in [7, 11) is 1.65. The van der Waals surface area contributed by atoms with Crippen LogP contribution in [0.15, 0.2) is 77.3 Å². The van der Waals surface area contributed by atoms with Gasteiger partial charge in [0.15, 0.2) is 0 Å². The molecule has 1 aliphatic rings. The predicted molar refractivity (Wildman–Crippen MR) is 126 cm³/mol. The predicted octanol–water partition coefficient (Wildman–Crippen LogP) is 4.51. The average molecular weight is 458 g/mol. The molecule has 1 amide bonds. The molecule has 1 fully saturated rings. The average Bonchev–Trinajstić information content (AvgIpc) is 3.39. The van der Waals surface area contributed by atoms with E-state index in [-0.39, 0.29) is 11.7 Å². The number of nitrogens with zero attached hydrogens (tertiary/aromatic N) is 4. The van der Waals surface area contributed by atoms with Crippen LogP contribution in [0.3, 0.4) is 0 Å². The third-order valence-corrected chi connectivity index (χ3v) is 5.89. The van der Waals surface area contributed by atoms with Gasteiger partial charge in [-0.3, -0.25) is 4.79 Å². The van der Waals surface area contributed by atoms with Crippen LogP contribution in [0.4, 0.5) is 10.1 Å². The Labute approximate surface area is 196 Å². The third-order valence-electron chi connectivity index (χ3n) is 5.89. The zero-order valence-electron chi connectivity index (χ0n) is 18.6. The number of carbonyl (C=O) groups is 1. The van der Waals surface area contributed by atoms with E-state index in [0.29, 0.717) is 41.5 Å². The van der Waals surface area contributed by atoms with Gasteiger partial charge in [-0.25, -0.2) is 4.39 Å². The fourth-order valence-electron chi connectivity index (χ4n) is 3.99. The number of aromatic nitrogens is 2. The van der Waals surface area contributed by atoms with Crippen LogP contribution in [0.25, 0.3) is 22.8 Å². The monoisotopic (exact) mass is 458 g/mol. The lowest BCUT2D eigenvalue weighted by molar-refractivity contribution is 0.0747. The van der Waals surface area contributed by atoms with E-state index in [2.05, 4.69) is 15.0 Å². The number of amides is 1. The molecular formula is C26H23FN4O3. The standard InChI is InChI=1S/C26H23FN4O3/c1-33-23-11-9-22(10-12-23)30-13-15-31(16-14-30)26(32)20-4-2-3-19(17-20)25-28-24(29-34-25)18-5-7-21(27)8-6-18/h2-12,17H,13-16H2,1H3. The van der Waals surface area contributed by atoms with E-state index in [4.69, 9.17) is 9.26 Å². The van der Waals surface area contributed by atoms with Crippen LogP contribution in [0, 0.1) is 5.82 Å². The molecular weight excluding hydrogens is 435 g/mol. The molecule has 4 aromatic rings. The molecule has 1 aromatic heterocycles. The smallest absolute Gasteiger partial charge is 0.258 e. The van der Waals surface area contributed by atoms with Crippen LogP contribution in [0.1, 0.15) is 10.4 Å². The summed E-state index contributed by atoms with van der Waals surface area (Å²) in [5.74, 6) is 1.13. The van der Waals surface area contributed by atoms with Crippen LogP contribution in [0.2, 0.25) is 0 Å². The number of halogens is 1. The van der Waals surface area contributed by atoms with Crippen molar-refractivity contribution in [3.63, 3.8) is 0 Å². The lowest BCUT2D eigenvalue weighted by Gasteiger charge is -2.36. The molecule has 2 heterocycles. The number of anilines is 1. The van der Waals surface area contributed by atoms with Crippen molar-refractivity contribution < 1.29 is 18.4 Å². The number of benzene rings is 3. The lowest BCUT2D eigenvalue weighted by Crippen LogP contribution is -2.48. The van der Waals surface area contributed by atoms with E-state index in [1.165, 1.54) is 12.1 Å². The zero-order chi connectivity index (χ0) is 23.5. The Morgan fingerprint density at radius 3 is 2.38 bits per heavy atom. The second-order valence-electron chi connectivity index (χ2n) is 7.99. The molecule has 0 aliphatic carbocycles. The molecule has 1 saturated heterocycles. The fraction of sp³-hybridized carbons (Fsp3) is 0.192. The molecule has 0 unspecified atom stereocenters. The number of hydrogen-bond donors (Lipinski definition) is 0. The van der Waals surface area contributed by atoms with Crippen molar-refractivity contribution in [3.05, 3.63) is 84.2 Å². The van der Waals surface area contributed by atoms with E-state index in [9.17, 15) is 9.18 Å². The normalized spacial score (nSPS) is 13.7. The minimum atomic E-state index is -0.330. The molecule has 8 heteroatoms. The summed E-state index contributed by atoms with van der Waals surface area (Å²) >= 11 is 0. The first-order valence-electron chi connectivity index (χ1n) is 11.0. The minimum absolute atomic E-state index is 0.0329. The van der Waals surface area contributed by atoms with Gasteiger partial charge in [-0.15, -0.1) is 0 Å². The number of methoxy groups -OCH3 is 1. The summed E-state index contributed by atoms with van der Waals surface area (Å²) in [5.41, 5.74) is 2.99.